The predicted octanol–water partition coefficient (Wildman–Crippen LogP) is -9.23. The minimum Gasteiger partial charge on any atom is -0.477 e. The van der Waals surface area contributed by atoms with Gasteiger partial charge in [0.15, 0.2) is 18.9 Å². The Hall–Kier alpha value is -2.63. The Labute approximate surface area is 430 Å². The fourth-order valence-electron chi connectivity index (χ4n) is 8.43. The van der Waals surface area contributed by atoms with Gasteiger partial charge in [0.2, 0.25) is 11.8 Å². The SMILES string of the molecule is CC(=O)N[C@H]1[C@H](OCCOCCOCCOCCOCCOCCON)O[C@H](CO)[C@@H](O[C@@H]2O[C@H](CO)[C@H](O)[C@H](O[C@@]3(C(=O)O)C[C@H](O)[C@@H](NC(C)=O)[C@H]([C@H](O)[C@H](O)CO)O3)[C@H]2O)[C@@H]1O[C@@H]1O[C@@H](C)[C@@H](O)[C@@H](O)[C@@H]1O. The molecule has 438 valence electrons. The van der Waals surface area contributed by atoms with Gasteiger partial charge in [-0.25, -0.2) is 10.7 Å². The number of ether oxygens (including phenoxy) is 13. The second kappa shape index (κ2) is 32.4. The molecule has 0 aromatic heterocycles. The Kier molecular flexibility index (Phi) is 28.1. The molecule has 0 aromatic carbocycles. The van der Waals surface area contributed by atoms with Gasteiger partial charge in [0.1, 0.15) is 85.4 Å². The minimum atomic E-state index is -3.14. The fourth-order valence-corrected chi connectivity index (χ4v) is 8.43. The Balaban J connectivity index is 1.52. The van der Waals surface area contributed by atoms with E-state index >= 15 is 0 Å². The molecule has 75 heavy (non-hydrogen) atoms. The van der Waals surface area contributed by atoms with Gasteiger partial charge in [0, 0.05) is 20.3 Å². The van der Waals surface area contributed by atoms with E-state index in [1.807, 2.05) is 0 Å². The van der Waals surface area contributed by atoms with E-state index in [0.29, 0.717) is 33.0 Å². The first kappa shape index (κ1) is 64.9. The summed E-state index contributed by atoms with van der Waals surface area (Å²) in [7, 11) is 0. The average Bonchev–Trinajstić information content (AvgIpc) is 3.37. The molecule has 4 saturated heterocycles. The van der Waals surface area contributed by atoms with Crippen molar-refractivity contribution in [2.75, 3.05) is 99.1 Å². The molecule has 2 amide bonds. The number of amides is 2. The number of aliphatic carboxylic acids is 1. The molecular weight excluding hydrogens is 1020 g/mol. The van der Waals surface area contributed by atoms with Crippen molar-refractivity contribution in [2.24, 2.45) is 5.90 Å². The van der Waals surface area contributed by atoms with Gasteiger partial charge in [0.05, 0.1) is 117 Å². The highest BCUT2D eigenvalue weighted by Crippen LogP contribution is 2.39. The van der Waals surface area contributed by atoms with Gasteiger partial charge >= 0.3 is 5.97 Å². The first-order valence-electron chi connectivity index (χ1n) is 24.2. The van der Waals surface area contributed by atoms with Crippen molar-refractivity contribution in [1.29, 1.82) is 0 Å². The number of carboxylic acid groups (broad SMARTS) is 1. The third-order valence-corrected chi connectivity index (χ3v) is 12.3. The highest BCUT2D eigenvalue weighted by atomic mass is 16.8. The summed E-state index contributed by atoms with van der Waals surface area (Å²) < 4.78 is 74.5. The van der Waals surface area contributed by atoms with Crippen LogP contribution in [0.3, 0.4) is 0 Å². The Morgan fingerprint density at radius 2 is 1.11 bits per heavy atom. The predicted molar refractivity (Wildman–Crippen MR) is 241 cm³/mol. The standard InChI is InChI=1S/C43H77N3O29/c1-20-29(54)32(57)33(58)40(69-20)73-37-28(46-22(3)51)39(67-14-12-65-10-8-63-6-4-62-5-7-64-9-11-66-13-15-68-44)71-26(19-49)35(37)72-41-34(59)38(31(56)25(18-48)70-41)75-43(42(60)61)16-23(52)27(45-21(2)50)36(74-43)30(55)24(53)17-47/h20,23-41,47-49,52-59H,4-19,44H2,1-3H3,(H,45,50)(H,46,51)(H,60,61)/t20-,23-,24+,25+,26+,27+,28+,29+,30+,31-,32+,33-,34+,35+,36+,37+,38-,39+,40-,41-,43+/m0/s1. The van der Waals surface area contributed by atoms with Gasteiger partial charge in [-0.2, -0.15) is 0 Å². The van der Waals surface area contributed by atoms with Crippen LogP contribution in [0.2, 0.25) is 0 Å². The zero-order valence-electron chi connectivity index (χ0n) is 41.7. The van der Waals surface area contributed by atoms with Crippen LogP contribution in [-0.4, -0.2) is 306 Å². The Morgan fingerprint density at radius 3 is 1.61 bits per heavy atom. The van der Waals surface area contributed by atoms with Crippen molar-refractivity contribution >= 4 is 17.8 Å². The zero-order valence-corrected chi connectivity index (χ0v) is 41.7. The van der Waals surface area contributed by atoms with E-state index in [-0.39, 0.29) is 46.2 Å². The van der Waals surface area contributed by atoms with Crippen LogP contribution in [0.5, 0.6) is 0 Å². The topological polar surface area (TPSA) is 473 Å². The number of carbonyl (C=O) groups excluding carboxylic acids is 2. The van der Waals surface area contributed by atoms with Crippen LogP contribution in [0.25, 0.3) is 0 Å². The minimum absolute atomic E-state index is 0.0728. The van der Waals surface area contributed by atoms with Crippen molar-refractivity contribution < 1.29 is 142 Å². The summed E-state index contributed by atoms with van der Waals surface area (Å²) in [5.41, 5.74) is 0. The molecule has 0 unspecified atom stereocenters. The van der Waals surface area contributed by atoms with E-state index in [0.717, 1.165) is 13.8 Å². The lowest BCUT2D eigenvalue weighted by Gasteiger charge is -2.51. The van der Waals surface area contributed by atoms with E-state index < -0.39 is 172 Å². The van der Waals surface area contributed by atoms with E-state index in [2.05, 4.69) is 15.5 Å². The number of aliphatic hydroxyl groups is 11. The second-order valence-electron chi connectivity index (χ2n) is 17.8. The van der Waals surface area contributed by atoms with Crippen LogP contribution in [-0.2, 0) is 80.8 Å². The molecule has 4 heterocycles. The molecule has 4 fully saturated rings. The smallest absolute Gasteiger partial charge is 0.364 e. The van der Waals surface area contributed by atoms with Crippen LogP contribution in [0.4, 0.5) is 0 Å². The number of hydrogen-bond acceptors (Lipinski definition) is 29. The van der Waals surface area contributed by atoms with Gasteiger partial charge in [-0.15, -0.1) is 0 Å². The summed E-state index contributed by atoms with van der Waals surface area (Å²) in [6.07, 6.45) is -35.0. The molecule has 4 aliphatic heterocycles. The highest BCUT2D eigenvalue weighted by Gasteiger charge is 2.61. The summed E-state index contributed by atoms with van der Waals surface area (Å²) in [5.74, 6) is -1.76. The van der Waals surface area contributed by atoms with Gasteiger partial charge < -0.3 is 138 Å². The summed E-state index contributed by atoms with van der Waals surface area (Å²) in [6, 6.07) is -3.12. The van der Waals surface area contributed by atoms with Crippen molar-refractivity contribution in [1.82, 2.24) is 10.6 Å². The molecule has 4 aliphatic rings. The summed E-state index contributed by atoms with van der Waals surface area (Å²) >= 11 is 0. The molecule has 4 rings (SSSR count). The quantitative estimate of drug-likeness (QED) is 0.0214. The summed E-state index contributed by atoms with van der Waals surface area (Å²) in [4.78, 5) is 42.4. The molecule has 0 spiro atoms. The van der Waals surface area contributed by atoms with Gasteiger partial charge in [-0.05, 0) is 6.92 Å². The zero-order chi connectivity index (χ0) is 55.4. The highest BCUT2D eigenvalue weighted by molar-refractivity contribution is 5.76. The number of hydrogen-bond donors (Lipinski definition) is 15. The van der Waals surface area contributed by atoms with E-state index in [9.17, 15) is 75.7 Å². The van der Waals surface area contributed by atoms with Gasteiger partial charge in [-0.3, -0.25) is 9.59 Å². The largest absolute Gasteiger partial charge is 0.477 e. The van der Waals surface area contributed by atoms with Crippen LogP contribution < -0.4 is 16.5 Å². The molecule has 16 N–H and O–H groups in total. The number of nitrogens with two attached hydrogens (primary N) is 1. The molecule has 0 aromatic rings. The van der Waals surface area contributed by atoms with Crippen molar-refractivity contribution in [3.05, 3.63) is 0 Å². The van der Waals surface area contributed by atoms with Crippen LogP contribution >= 0.6 is 0 Å². The number of aliphatic hydroxyl groups excluding tert-OH is 11. The maximum atomic E-state index is 13.1. The molecule has 0 bridgehead atoms. The molecule has 0 aliphatic carbocycles. The van der Waals surface area contributed by atoms with E-state index in [1.165, 1.54) is 6.92 Å². The van der Waals surface area contributed by atoms with E-state index in [4.69, 9.17) is 67.5 Å². The number of carbonyl (C=O) groups is 3. The molecule has 0 radical (unpaired) electrons. The molecule has 32 heteroatoms. The number of rotatable bonds is 33. The van der Waals surface area contributed by atoms with Crippen molar-refractivity contribution in [3.8, 4) is 0 Å². The number of carboxylic acids is 1. The normalized spacial score (nSPS) is 37.2. The molecule has 0 saturated carbocycles. The molecule has 21 atom stereocenters. The lowest BCUT2D eigenvalue weighted by atomic mass is 9.88. The van der Waals surface area contributed by atoms with Crippen molar-refractivity contribution in [2.45, 2.75) is 155 Å². The van der Waals surface area contributed by atoms with Crippen LogP contribution in [0.15, 0.2) is 0 Å². The second-order valence-corrected chi connectivity index (χ2v) is 17.8. The van der Waals surface area contributed by atoms with Gasteiger partial charge in [-0.1, -0.05) is 0 Å². The number of nitrogens with one attached hydrogen (secondary N) is 2. The summed E-state index contributed by atoms with van der Waals surface area (Å²) in [5, 5.41) is 134. The average molecular weight is 1100 g/mol. The lowest BCUT2D eigenvalue weighted by molar-refractivity contribution is -0.391. The molecular formula is C43H77N3O29. The van der Waals surface area contributed by atoms with Crippen LogP contribution in [0.1, 0.15) is 27.2 Å². The lowest BCUT2D eigenvalue weighted by Crippen LogP contribution is -2.71. The van der Waals surface area contributed by atoms with E-state index in [1.54, 1.807) is 0 Å². The van der Waals surface area contributed by atoms with Crippen LogP contribution in [0, 0.1) is 0 Å². The third kappa shape index (κ3) is 18.5. The maximum absolute atomic E-state index is 13.1. The fraction of sp³-hybridized carbons (Fsp3) is 0.930. The van der Waals surface area contributed by atoms with Gasteiger partial charge in [0.25, 0.3) is 5.79 Å². The Morgan fingerprint density at radius 1 is 0.613 bits per heavy atom. The maximum Gasteiger partial charge on any atom is 0.364 e. The monoisotopic (exact) mass is 1100 g/mol. The summed E-state index contributed by atoms with van der Waals surface area (Å²) in [6.45, 7) is 2.94. The first-order chi connectivity index (χ1) is 35.7. The van der Waals surface area contributed by atoms with Crippen molar-refractivity contribution in [3.63, 3.8) is 0 Å². The molecule has 32 nitrogen and oxygen atoms in total. The first-order valence-corrected chi connectivity index (χ1v) is 24.2. The third-order valence-electron chi connectivity index (χ3n) is 12.3. The Bertz CT molecular complexity index is 1670.